The van der Waals surface area contributed by atoms with Crippen LogP contribution in [0.1, 0.15) is 49.3 Å². The van der Waals surface area contributed by atoms with Gasteiger partial charge >= 0.3 is 0 Å². The molecule has 4 aromatic rings. The summed E-state index contributed by atoms with van der Waals surface area (Å²) in [4.78, 5) is 9.97. The highest BCUT2D eigenvalue weighted by atomic mass is 14.8. The molecule has 0 amide bonds. The SMILES string of the molecule is CC(Cc1cccc(-c2ccccc2)n1)c1cccc(C(C)(C)c2ccccc2)n1. The van der Waals surface area contributed by atoms with Gasteiger partial charge in [-0.3, -0.25) is 9.97 Å². The van der Waals surface area contributed by atoms with Crippen molar-refractivity contribution >= 4 is 0 Å². The summed E-state index contributed by atoms with van der Waals surface area (Å²) < 4.78 is 0. The zero-order valence-corrected chi connectivity index (χ0v) is 17.9. The first-order valence-electron chi connectivity index (χ1n) is 10.6. The van der Waals surface area contributed by atoms with Crippen LogP contribution < -0.4 is 0 Å². The molecule has 2 heterocycles. The van der Waals surface area contributed by atoms with E-state index in [4.69, 9.17) is 9.97 Å². The number of aromatic nitrogens is 2. The van der Waals surface area contributed by atoms with Gasteiger partial charge in [-0.05, 0) is 36.2 Å². The molecule has 0 radical (unpaired) electrons. The maximum absolute atomic E-state index is 5.07. The van der Waals surface area contributed by atoms with Crippen LogP contribution in [0.2, 0.25) is 0 Å². The van der Waals surface area contributed by atoms with Crippen LogP contribution in [0.25, 0.3) is 11.3 Å². The molecule has 0 aliphatic rings. The zero-order valence-electron chi connectivity index (χ0n) is 17.9. The third kappa shape index (κ3) is 4.33. The maximum Gasteiger partial charge on any atom is 0.0705 e. The summed E-state index contributed by atoms with van der Waals surface area (Å²) in [6.45, 7) is 6.71. The van der Waals surface area contributed by atoms with E-state index in [9.17, 15) is 0 Å². The zero-order chi connectivity index (χ0) is 21.0. The average molecular weight is 393 g/mol. The van der Waals surface area contributed by atoms with Gasteiger partial charge in [0.2, 0.25) is 0 Å². The Morgan fingerprint density at radius 3 is 2.10 bits per heavy atom. The molecule has 2 heteroatoms. The summed E-state index contributed by atoms with van der Waals surface area (Å²) in [6, 6.07) is 33.6. The molecular weight excluding hydrogens is 364 g/mol. The van der Waals surface area contributed by atoms with Gasteiger partial charge in [-0.25, -0.2) is 0 Å². The Morgan fingerprint density at radius 1 is 0.700 bits per heavy atom. The molecule has 150 valence electrons. The number of rotatable bonds is 6. The number of benzene rings is 2. The molecule has 1 unspecified atom stereocenters. The van der Waals surface area contributed by atoms with Crippen LogP contribution in [0.15, 0.2) is 97.1 Å². The van der Waals surface area contributed by atoms with Crippen molar-refractivity contribution in [2.24, 2.45) is 0 Å². The molecule has 0 saturated carbocycles. The Balaban J connectivity index is 1.56. The second-order valence-corrected chi connectivity index (χ2v) is 8.42. The molecule has 1 atom stereocenters. The standard InChI is InChI=1S/C28H28N2/c1-21(20-24-16-10-18-26(29-24)22-12-6-4-7-13-22)25-17-11-19-27(30-25)28(2,3)23-14-8-5-9-15-23/h4-19,21H,20H2,1-3H3. The molecule has 0 bridgehead atoms. The van der Waals surface area contributed by atoms with E-state index >= 15 is 0 Å². The van der Waals surface area contributed by atoms with E-state index in [0.717, 1.165) is 34.8 Å². The molecule has 0 saturated heterocycles. The van der Waals surface area contributed by atoms with Crippen molar-refractivity contribution in [2.45, 2.75) is 38.5 Å². The Kier molecular flexibility index (Phi) is 5.76. The van der Waals surface area contributed by atoms with Gasteiger partial charge in [0, 0.05) is 28.3 Å². The van der Waals surface area contributed by atoms with Crippen molar-refractivity contribution in [1.29, 1.82) is 0 Å². The fourth-order valence-corrected chi connectivity index (χ4v) is 3.86. The summed E-state index contributed by atoms with van der Waals surface area (Å²) in [5, 5.41) is 0. The number of nitrogens with zero attached hydrogens (tertiary/aromatic N) is 2. The van der Waals surface area contributed by atoms with Crippen molar-refractivity contribution in [1.82, 2.24) is 9.97 Å². The fraction of sp³-hybridized carbons (Fsp3) is 0.214. The minimum Gasteiger partial charge on any atom is -0.257 e. The lowest BCUT2D eigenvalue weighted by atomic mass is 9.81. The molecule has 0 N–H and O–H groups in total. The molecule has 0 spiro atoms. The smallest absolute Gasteiger partial charge is 0.0705 e. The van der Waals surface area contributed by atoms with Crippen molar-refractivity contribution in [3.63, 3.8) is 0 Å². The molecule has 0 aliphatic carbocycles. The van der Waals surface area contributed by atoms with Crippen LogP contribution in [0.5, 0.6) is 0 Å². The summed E-state index contributed by atoms with van der Waals surface area (Å²) in [7, 11) is 0. The first-order chi connectivity index (χ1) is 14.5. The van der Waals surface area contributed by atoms with E-state index in [0.29, 0.717) is 0 Å². The van der Waals surface area contributed by atoms with Crippen LogP contribution in [0.3, 0.4) is 0 Å². The summed E-state index contributed by atoms with van der Waals surface area (Å²) in [5.41, 5.74) is 6.62. The maximum atomic E-state index is 5.07. The Hall–Kier alpha value is -3.26. The highest BCUT2D eigenvalue weighted by molar-refractivity contribution is 5.58. The topological polar surface area (TPSA) is 25.8 Å². The molecule has 0 fully saturated rings. The third-order valence-corrected chi connectivity index (χ3v) is 5.80. The van der Waals surface area contributed by atoms with Gasteiger partial charge in [0.15, 0.2) is 0 Å². The molecule has 0 aliphatic heterocycles. The Morgan fingerprint density at radius 2 is 1.37 bits per heavy atom. The van der Waals surface area contributed by atoms with Crippen LogP contribution in [0, 0.1) is 0 Å². The molecule has 4 rings (SSSR count). The molecule has 2 nitrogen and oxygen atoms in total. The average Bonchev–Trinajstić information content (AvgIpc) is 2.80. The largest absolute Gasteiger partial charge is 0.257 e. The minimum atomic E-state index is -0.136. The second-order valence-electron chi connectivity index (χ2n) is 8.42. The quantitative estimate of drug-likeness (QED) is 0.360. The summed E-state index contributed by atoms with van der Waals surface area (Å²) >= 11 is 0. The Bertz CT molecular complexity index is 1100. The van der Waals surface area contributed by atoms with E-state index in [1.165, 1.54) is 5.56 Å². The van der Waals surface area contributed by atoms with E-state index in [-0.39, 0.29) is 11.3 Å². The highest BCUT2D eigenvalue weighted by Gasteiger charge is 2.25. The van der Waals surface area contributed by atoms with E-state index in [2.05, 4.69) is 112 Å². The Labute approximate surface area is 179 Å². The number of hydrogen-bond donors (Lipinski definition) is 0. The first-order valence-corrected chi connectivity index (χ1v) is 10.6. The predicted octanol–water partition coefficient (Wildman–Crippen LogP) is 6.82. The van der Waals surface area contributed by atoms with Gasteiger partial charge in [-0.15, -0.1) is 0 Å². The van der Waals surface area contributed by atoms with Crippen molar-refractivity contribution < 1.29 is 0 Å². The van der Waals surface area contributed by atoms with Gasteiger partial charge in [-0.2, -0.15) is 0 Å². The fourth-order valence-electron chi connectivity index (χ4n) is 3.86. The van der Waals surface area contributed by atoms with Crippen molar-refractivity contribution in [3.05, 3.63) is 120 Å². The molecule has 2 aromatic heterocycles. The predicted molar refractivity (Wildman–Crippen MR) is 125 cm³/mol. The monoisotopic (exact) mass is 392 g/mol. The van der Waals surface area contributed by atoms with Gasteiger partial charge in [0.25, 0.3) is 0 Å². The first kappa shape index (κ1) is 20.0. The van der Waals surface area contributed by atoms with Crippen LogP contribution >= 0.6 is 0 Å². The van der Waals surface area contributed by atoms with Crippen molar-refractivity contribution in [3.8, 4) is 11.3 Å². The summed E-state index contributed by atoms with van der Waals surface area (Å²) in [5.74, 6) is 0.287. The second kappa shape index (κ2) is 8.62. The molecule has 30 heavy (non-hydrogen) atoms. The van der Waals surface area contributed by atoms with E-state index in [1.54, 1.807) is 0 Å². The van der Waals surface area contributed by atoms with Gasteiger partial charge in [0.1, 0.15) is 0 Å². The van der Waals surface area contributed by atoms with Crippen molar-refractivity contribution in [2.75, 3.05) is 0 Å². The molecular formula is C28H28N2. The highest BCUT2D eigenvalue weighted by Crippen LogP contribution is 2.31. The van der Waals surface area contributed by atoms with E-state index in [1.807, 2.05) is 6.07 Å². The molecule has 2 aromatic carbocycles. The lowest BCUT2D eigenvalue weighted by Gasteiger charge is -2.26. The summed E-state index contributed by atoms with van der Waals surface area (Å²) in [6.07, 6.45) is 0.864. The number of hydrogen-bond acceptors (Lipinski definition) is 2. The van der Waals surface area contributed by atoms with Crippen LogP contribution in [0.4, 0.5) is 0 Å². The van der Waals surface area contributed by atoms with E-state index < -0.39 is 0 Å². The number of pyridine rings is 2. The normalized spacial score (nSPS) is 12.5. The minimum absolute atomic E-state index is 0.136. The van der Waals surface area contributed by atoms with Gasteiger partial charge in [-0.1, -0.05) is 93.6 Å². The van der Waals surface area contributed by atoms with Crippen LogP contribution in [-0.2, 0) is 11.8 Å². The lowest BCUT2D eigenvalue weighted by Crippen LogP contribution is -2.21. The third-order valence-electron chi connectivity index (χ3n) is 5.80. The van der Waals surface area contributed by atoms with Crippen LogP contribution in [-0.4, -0.2) is 9.97 Å². The van der Waals surface area contributed by atoms with Gasteiger partial charge < -0.3 is 0 Å². The lowest BCUT2D eigenvalue weighted by molar-refractivity contribution is 0.603. The van der Waals surface area contributed by atoms with Gasteiger partial charge in [0.05, 0.1) is 11.4 Å².